The van der Waals surface area contributed by atoms with Crippen molar-refractivity contribution in [3.63, 3.8) is 0 Å². The number of nitrogens with zero attached hydrogens (tertiary/aromatic N) is 1. The molecule has 13 heavy (non-hydrogen) atoms. The van der Waals surface area contributed by atoms with Crippen LogP contribution in [0.1, 0.15) is 0 Å². The first-order chi connectivity index (χ1) is 6.18. The molecule has 0 aliphatic heterocycles. The van der Waals surface area contributed by atoms with Gasteiger partial charge in [-0.2, -0.15) is 0 Å². The second-order valence-corrected chi connectivity index (χ2v) is 4.24. The Balaban J connectivity index is 2.37. The summed E-state index contributed by atoms with van der Waals surface area (Å²) in [5, 5.41) is 3.04. The molecule has 0 aliphatic rings. The second kappa shape index (κ2) is 4.81. The molecule has 0 radical (unpaired) electrons. The quantitative estimate of drug-likeness (QED) is 0.739. The van der Waals surface area contributed by atoms with Gasteiger partial charge in [0, 0.05) is 29.4 Å². The SMILES string of the molecule is CS(=O)CCNc1ccc(N)cn1. The maximum Gasteiger partial charge on any atom is 0.126 e. The van der Waals surface area contributed by atoms with Crippen molar-refractivity contribution in [1.82, 2.24) is 4.98 Å². The summed E-state index contributed by atoms with van der Waals surface area (Å²) < 4.78 is 10.7. The van der Waals surface area contributed by atoms with Crippen LogP contribution in [-0.4, -0.2) is 27.7 Å². The minimum atomic E-state index is -0.759. The van der Waals surface area contributed by atoms with E-state index in [1.807, 2.05) is 0 Å². The molecule has 1 aromatic rings. The lowest BCUT2D eigenvalue weighted by atomic mass is 10.4. The van der Waals surface area contributed by atoms with Gasteiger partial charge in [-0.3, -0.25) is 4.21 Å². The van der Waals surface area contributed by atoms with E-state index in [-0.39, 0.29) is 0 Å². The molecule has 4 nitrogen and oxygen atoms in total. The number of aromatic nitrogens is 1. The van der Waals surface area contributed by atoms with Crippen molar-refractivity contribution < 1.29 is 4.21 Å². The summed E-state index contributed by atoms with van der Waals surface area (Å²) in [4.78, 5) is 4.04. The molecule has 1 heterocycles. The van der Waals surface area contributed by atoms with E-state index in [9.17, 15) is 4.21 Å². The van der Waals surface area contributed by atoms with E-state index in [0.717, 1.165) is 5.82 Å². The van der Waals surface area contributed by atoms with Gasteiger partial charge in [-0.15, -0.1) is 0 Å². The molecule has 1 rings (SSSR count). The number of hydrogen-bond donors (Lipinski definition) is 2. The van der Waals surface area contributed by atoms with Gasteiger partial charge < -0.3 is 11.1 Å². The largest absolute Gasteiger partial charge is 0.397 e. The third-order valence-corrected chi connectivity index (χ3v) is 2.26. The number of anilines is 2. The van der Waals surface area contributed by atoms with Crippen LogP contribution in [0.25, 0.3) is 0 Å². The molecule has 0 saturated carbocycles. The van der Waals surface area contributed by atoms with Gasteiger partial charge in [0.25, 0.3) is 0 Å². The van der Waals surface area contributed by atoms with Crippen LogP contribution >= 0.6 is 0 Å². The predicted octanol–water partition coefficient (Wildman–Crippen LogP) is 0.454. The standard InChI is InChI=1S/C8H13N3OS/c1-13(12)5-4-10-8-3-2-7(9)6-11-8/h2-3,6H,4-5,9H2,1H3,(H,10,11). The smallest absolute Gasteiger partial charge is 0.126 e. The summed E-state index contributed by atoms with van der Waals surface area (Å²) >= 11 is 0. The lowest BCUT2D eigenvalue weighted by molar-refractivity contribution is 0.687. The molecule has 5 heteroatoms. The molecule has 0 spiro atoms. The maximum atomic E-state index is 10.7. The number of nitrogen functional groups attached to an aromatic ring is 1. The fourth-order valence-electron chi connectivity index (χ4n) is 0.833. The summed E-state index contributed by atoms with van der Waals surface area (Å²) in [5.41, 5.74) is 6.11. The van der Waals surface area contributed by atoms with Crippen molar-refractivity contribution in [2.24, 2.45) is 0 Å². The molecule has 1 aromatic heterocycles. The fraction of sp³-hybridized carbons (Fsp3) is 0.375. The summed E-state index contributed by atoms with van der Waals surface area (Å²) in [6, 6.07) is 3.58. The van der Waals surface area contributed by atoms with Crippen LogP contribution in [0.15, 0.2) is 18.3 Å². The highest BCUT2D eigenvalue weighted by molar-refractivity contribution is 7.84. The van der Waals surface area contributed by atoms with Crippen LogP contribution in [0.2, 0.25) is 0 Å². The molecule has 1 atom stereocenters. The van der Waals surface area contributed by atoms with Gasteiger partial charge in [0.1, 0.15) is 5.82 Å². The van der Waals surface area contributed by atoms with Crippen molar-refractivity contribution in [3.8, 4) is 0 Å². The average Bonchev–Trinajstić information content (AvgIpc) is 2.08. The van der Waals surface area contributed by atoms with Gasteiger partial charge in [0.05, 0.1) is 11.9 Å². The van der Waals surface area contributed by atoms with E-state index in [0.29, 0.717) is 18.0 Å². The Morgan fingerprint density at radius 2 is 2.38 bits per heavy atom. The van der Waals surface area contributed by atoms with Gasteiger partial charge >= 0.3 is 0 Å². The first kappa shape index (κ1) is 9.98. The molecule has 0 aromatic carbocycles. The van der Waals surface area contributed by atoms with Crippen molar-refractivity contribution in [1.29, 1.82) is 0 Å². The monoisotopic (exact) mass is 199 g/mol. The van der Waals surface area contributed by atoms with E-state index in [4.69, 9.17) is 5.73 Å². The lowest BCUT2D eigenvalue weighted by Gasteiger charge is -2.03. The summed E-state index contributed by atoms with van der Waals surface area (Å²) in [5.74, 6) is 1.39. The fourth-order valence-corrected chi connectivity index (χ4v) is 1.22. The first-order valence-corrected chi connectivity index (χ1v) is 5.66. The minimum Gasteiger partial charge on any atom is -0.397 e. The van der Waals surface area contributed by atoms with E-state index in [1.165, 1.54) is 0 Å². The van der Waals surface area contributed by atoms with Gasteiger partial charge in [-0.05, 0) is 12.1 Å². The van der Waals surface area contributed by atoms with Crippen molar-refractivity contribution in [3.05, 3.63) is 18.3 Å². The van der Waals surface area contributed by atoms with E-state index in [1.54, 1.807) is 24.6 Å². The summed E-state index contributed by atoms with van der Waals surface area (Å²) in [6.07, 6.45) is 3.27. The van der Waals surface area contributed by atoms with E-state index < -0.39 is 10.8 Å². The highest BCUT2D eigenvalue weighted by Crippen LogP contribution is 2.04. The number of pyridine rings is 1. The van der Waals surface area contributed by atoms with Crippen molar-refractivity contribution >= 4 is 22.3 Å². The maximum absolute atomic E-state index is 10.7. The molecule has 0 aliphatic carbocycles. The first-order valence-electron chi connectivity index (χ1n) is 3.94. The third kappa shape index (κ3) is 3.89. The molecule has 1 unspecified atom stereocenters. The summed E-state index contributed by atoms with van der Waals surface area (Å²) in [7, 11) is -0.759. The molecule has 0 fully saturated rings. The topological polar surface area (TPSA) is 68.0 Å². The Kier molecular flexibility index (Phi) is 3.70. The molecule has 72 valence electrons. The number of rotatable bonds is 4. The number of nitrogens with two attached hydrogens (primary N) is 1. The third-order valence-electron chi connectivity index (χ3n) is 1.48. The molecule has 0 bridgehead atoms. The van der Waals surface area contributed by atoms with Crippen molar-refractivity contribution in [2.45, 2.75) is 0 Å². The van der Waals surface area contributed by atoms with Crippen LogP contribution in [-0.2, 0) is 10.8 Å². The highest BCUT2D eigenvalue weighted by atomic mass is 32.2. The highest BCUT2D eigenvalue weighted by Gasteiger charge is 1.93. The van der Waals surface area contributed by atoms with Crippen LogP contribution in [0.3, 0.4) is 0 Å². The van der Waals surface area contributed by atoms with E-state index >= 15 is 0 Å². The molecular formula is C8H13N3OS. The van der Waals surface area contributed by atoms with Gasteiger partial charge in [-0.1, -0.05) is 0 Å². The predicted molar refractivity (Wildman–Crippen MR) is 56.1 cm³/mol. The van der Waals surface area contributed by atoms with Gasteiger partial charge in [-0.25, -0.2) is 4.98 Å². The Morgan fingerprint density at radius 3 is 2.92 bits per heavy atom. The van der Waals surface area contributed by atoms with E-state index in [2.05, 4.69) is 10.3 Å². The van der Waals surface area contributed by atoms with Gasteiger partial charge in [0.15, 0.2) is 0 Å². The zero-order valence-electron chi connectivity index (χ0n) is 7.49. The Hall–Kier alpha value is -1.10. The Bertz CT molecular complexity index is 286. The minimum absolute atomic E-state index is 0.631. The number of nitrogens with one attached hydrogen (secondary N) is 1. The normalized spacial score (nSPS) is 12.4. The van der Waals surface area contributed by atoms with Crippen LogP contribution in [0, 0.1) is 0 Å². The Labute approximate surface area is 80.0 Å². The molecule has 0 saturated heterocycles. The average molecular weight is 199 g/mol. The lowest BCUT2D eigenvalue weighted by Crippen LogP contribution is -2.10. The van der Waals surface area contributed by atoms with Gasteiger partial charge in [0.2, 0.25) is 0 Å². The van der Waals surface area contributed by atoms with Crippen LogP contribution in [0.5, 0.6) is 0 Å². The molecule has 3 N–H and O–H groups in total. The zero-order chi connectivity index (χ0) is 9.68. The Morgan fingerprint density at radius 1 is 1.62 bits per heavy atom. The molecule has 0 amide bonds. The van der Waals surface area contributed by atoms with Crippen LogP contribution in [0.4, 0.5) is 11.5 Å². The number of hydrogen-bond acceptors (Lipinski definition) is 4. The second-order valence-electron chi connectivity index (χ2n) is 2.68. The van der Waals surface area contributed by atoms with Crippen LogP contribution < -0.4 is 11.1 Å². The summed E-state index contributed by atoms with van der Waals surface area (Å²) in [6.45, 7) is 0.667. The zero-order valence-corrected chi connectivity index (χ0v) is 8.30. The van der Waals surface area contributed by atoms with Crippen molar-refractivity contribution in [2.75, 3.05) is 29.6 Å². The molecular weight excluding hydrogens is 186 g/mol.